The normalized spacial score (nSPS) is 16.0. The molecule has 4 heteroatoms. The number of benzene rings is 2. The second-order valence-electron chi connectivity index (χ2n) is 7.53. The highest BCUT2D eigenvalue weighted by molar-refractivity contribution is 5.93. The Kier molecular flexibility index (Phi) is 4.56. The number of rotatable bonds is 3. The van der Waals surface area contributed by atoms with Crippen LogP contribution in [0, 0.1) is 20.8 Å². The van der Waals surface area contributed by atoms with Crippen LogP contribution in [0.1, 0.15) is 57.2 Å². The predicted octanol–water partition coefficient (Wildman–Crippen LogP) is 4.81. The maximum atomic E-state index is 12.8. The van der Waals surface area contributed by atoms with Gasteiger partial charge in [-0.1, -0.05) is 30.3 Å². The van der Waals surface area contributed by atoms with Crippen molar-refractivity contribution in [1.29, 1.82) is 0 Å². The average Bonchev–Trinajstić information content (AvgIpc) is 3.15. The minimum absolute atomic E-state index is 0.0644. The molecule has 0 spiro atoms. The molecular weight excluding hydrogens is 334 g/mol. The van der Waals surface area contributed by atoms with Gasteiger partial charge in [0.2, 0.25) is 0 Å². The van der Waals surface area contributed by atoms with Gasteiger partial charge < -0.3 is 5.32 Å². The monoisotopic (exact) mass is 359 g/mol. The van der Waals surface area contributed by atoms with Gasteiger partial charge in [0.05, 0.1) is 11.7 Å². The summed E-state index contributed by atoms with van der Waals surface area (Å²) < 4.78 is 0. The molecule has 1 amide bonds. The van der Waals surface area contributed by atoms with Crippen molar-refractivity contribution >= 4 is 5.91 Å². The van der Waals surface area contributed by atoms with Crippen molar-refractivity contribution in [1.82, 2.24) is 15.5 Å². The van der Waals surface area contributed by atoms with E-state index in [2.05, 4.69) is 66.6 Å². The topological polar surface area (TPSA) is 57.8 Å². The molecule has 4 rings (SSSR count). The average molecular weight is 359 g/mol. The molecule has 0 fully saturated rings. The first-order chi connectivity index (χ1) is 13.0. The quantitative estimate of drug-likeness (QED) is 0.705. The third-order valence-corrected chi connectivity index (χ3v) is 5.67. The first-order valence-corrected chi connectivity index (χ1v) is 9.55. The summed E-state index contributed by atoms with van der Waals surface area (Å²) in [6.45, 7) is 6.32. The second kappa shape index (κ2) is 7.03. The van der Waals surface area contributed by atoms with E-state index in [4.69, 9.17) is 0 Å². The van der Waals surface area contributed by atoms with Crippen LogP contribution in [0.3, 0.4) is 0 Å². The second-order valence-corrected chi connectivity index (χ2v) is 7.53. The van der Waals surface area contributed by atoms with Gasteiger partial charge >= 0.3 is 0 Å². The van der Waals surface area contributed by atoms with E-state index in [1.54, 1.807) is 0 Å². The van der Waals surface area contributed by atoms with Crippen molar-refractivity contribution in [2.75, 3.05) is 0 Å². The number of hydrogen-bond acceptors (Lipinski definition) is 2. The molecule has 138 valence electrons. The van der Waals surface area contributed by atoms with Crippen molar-refractivity contribution < 1.29 is 4.79 Å². The molecule has 1 unspecified atom stereocenters. The van der Waals surface area contributed by atoms with E-state index in [0.717, 1.165) is 30.5 Å². The number of hydrogen-bond donors (Lipinski definition) is 2. The van der Waals surface area contributed by atoms with E-state index in [1.165, 1.54) is 27.8 Å². The third-order valence-electron chi connectivity index (χ3n) is 5.67. The lowest BCUT2D eigenvalue weighted by atomic mass is 9.85. The van der Waals surface area contributed by atoms with Crippen LogP contribution in [-0.4, -0.2) is 16.1 Å². The molecule has 0 saturated heterocycles. The van der Waals surface area contributed by atoms with E-state index in [9.17, 15) is 4.79 Å². The summed E-state index contributed by atoms with van der Waals surface area (Å²) in [5, 5.41) is 10.4. The summed E-state index contributed by atoms with van der Waals surface area (Å²) in [6, 6.07) is 14.5. The number of fused-ring (bicyclic) bond motifs is 1. The Morgan fingerprint density at radius 3 is 2.74 bits per heavy atom. The lowest BCUT2D eigenvalue weighted by Crippen LogP contribution is -2.31. The predicted molar refractivity (Wildman–Crippen MR) is 108 cm³/mol. The highest BCUT2D eigenvalue weighted by atomic mass is 16.2. The summed E-state index contributed by atoms with van der Waals surface area (Å²) in [6.07, 6.45) is 3.16. The fourth-order valence-corrected chi connectivity index (χ4v) is 3.90. The maximum Gasteiger partial charge on any atom is 0.269 e. The van der Waals surface area contributed by atoms with Crippen LogP contribution < -0.4 is 5.32 Å². The molecule has 0 bridgehead atoms. The standard InChI is InChI=1S/C23H25N3O/c1-14-10-11-17(12-16(14)3)21-13-22(26-25-21)23(27)24-20-9-5-7-18-15(2)6-4-8-19(18)20/h4,6,8,10-13,20H,5,7,9H2,1-3H3,(H,24,27)(H,25,26). The molecule has 1 atom stereocenters. The molecule has 3 aromatic rings. The fraction of sp³-hybridized carbons (Fsp3) is 0.304. The van der Waals surface area contributed by atoms with Crippen LogP contribution in [0.15, 0.2) is 42.5 Å². The van der Waals surface area contributed by atoms with E-state index in [0.29, 0.717) is 5.69 Å². The maximum absolute atomic E-state index is 12.8. The third kappa shape index (κ3) is 3.39. The molecule has 1 aliphatic rings. The summed E-state index contributed by atoms with van der Waals surface area (Å²) in [4.78, 5) is 12.8. The van der Waals surface area contributed by atoms with Gasteiger partial charge in [-0.25, -0.2) is 0 Å². The van der Waals surface area contributed by atoms with E-state index >= 15 is 0 Å². The van der Waals surface area contributed by atoms with Gasteiger partial charge in [0.25, 0.3) is 5.91 Å². The molecule has 0 aliphatic heterocycles. The number of carbonyl (C=O) groups is 1. The number of amides is 1. The van der Waals surface area contributed by atoms with Gasteiger partial charge in [-0.2, -0.15) is 5.10 Å². The molecule has 0 saturated carbocycles. The molecule has 2 aromatic carbocycles. The summed E-state index contributed by atoms with van der Waals surface area (Å²) in [5.74, 6) is -0.100. The summed E-state index contributed by atoms with van der Waals surface area (Å²) >= 11 is 0. The molecule has 0 radical (unpaired) electrons. The molecule has 27 heavy (non-hydrogen) atoms. The Hall–Kier alpha value is -2.88. The van der Waals surface area contributed by atoms with Crippen LogP contribution in [0.25, 0.3) is 11.3 Å². The van der Waals surface area contributed by atoms with Crippen molar-refractivity contribution in [2.45, 2.75) is 46.1 Å². The lowest BCUT2D eigenvalue weighted by molar-refractivity contribution is 0.0927. The largest absolute Gasteiger partial charge is 0.344 e. The molecular formula is C23H25N3O. The number of aromatic nitrogens is 2. The molecule has 2 N–H and O–H groups in total. The van der Waals surface area contributed by atoms with Crippen molar-refractivity contribution in [2.24, 2.45) is 0 Å². The number of nitrogens with zero attached hydrogens (tertiary/aromatic N) is 1. The first-order valence-electron chi connectivity index (χ1n) is 9.55. The van der Waals surface area contributed by atoms with Crippen LogP contribution in [0.5, 0.6) is 0 Å². The Morgan fingerprint density at radius 2 is 1.93 bits per heavy atom. The van der Waals surface area contributed by atoms with Crippen molar-refractivity contribution in [3.8, 4) is 11.3 Å². The zero-order chi connectivity index (χ0) is 19.0. The summed E-state index contributed by atoms with van der Waals surface area (Å²) in [5.41, 5.74) is 8.73. The van der Waals surface area contributed by atoms with E-state index < -0.39 is 0 Å². The Balaban J connectivity index is 1.54. The number of nitrogens with one attached hydrogen (secondary N) is 2. The van der Waals surface area contributed by atoms with E-state index in [1.807, 2.05) is 12.1 Å². The molecule has 1 aliphatic carbocycles. The van der Waals surface area contributed by atoms with Crippen LogP contribution in [0.4, 0.5) is 0 Å². The minimum atomic E-state index is -0.100. The smallest absolute Gasteiger partial charge is 0.269 e. The van der Waals surface area contributed by atoms with Gasteiger partial charge in [0.15, 0.2) is 0 Å². The van der Waals surface area contributed by atoms with Crippen LogP contribution in [0.2, 0.25) is 0 Å². The van der Waals surface area contributed by atoms with Crippen LogP contribution in [-0.2, 0) is 6.42 Å². The first kappa shape index (κ1) is 17.5. The van der Waals surface area contributed by atoms with Gasteiger partial charge in [-0.3, -0.25) is 9.89 Å². The number of aryl methyl sites for hydroxylation is 3. The number of H-pyrrole nitrogens is 1. The summed E-state index contributed by atoms with van der Waals surface area (Å²) in [7, 11) is 0. The minimum Gasteiger partial charge on any atom is -0.344 e. The number of aromatic amines is 1. The van der Waals surface area contributed by atoms with Gasteiger partial charge in [-0.05, 0) is 80.0 Å². The zero-order valence-electron chi connectivity index (χ0n) is 16.1. The van der Waals surface area contributed by atoms with E-state index in [-0.39, 0.29) is 11.9 Å². The van der Waals surface area contributed by atoms with Gasteiger partial charge in [-0.15, -0.1) is 0 Å². The zero-order valence-corrected chi connectivity index (χ0v) is 16.1. The molecule has 4 nitrogen and oxygen atoms in total. The molecule has 1 heterocycles. The van der Waals surface area contributed by atoms with Gasteiger partial charge in [0.1, 0.15) is 5.69 Å². The van der Waals surface area contributed by atoms with Crippen molar-refractivity contribution in [3.63, 3.8) is 0 Å². The number of carbonyl (C=O) groups excluding carboxylic acids is 1. The van der Waals surface area contributed by atoms with Crippen LogP contribution >= 0.6 is 0 Å². The SMILES string of the molecule is Cc1ccc(-c2cc(C(=O)NC3CCCc4c(C)cccc43)[nH]n2)cc1C. The molecule has 1 aromatic heterocycles. The Labute approximate surface area is 160 Å². The Morgan fingerprint density at radius 1 is 1.07 bits per heavy atom. The van der Waals surface area contributed by atoms with Crippen molar-refractivity contribution in [3.05, 3.63) is 76.0 Å². The Bertz CT molecular complexity index is 1000. The fourth-order valence-electron chi connectivity index (χ4n) is 3.90. The van der Waals surface area contributed by atoms with Gasteiger partial charge in [0, 0.05) is 5.56 Å². The lowest BCUT2D eigenvalue weighted by Gasteiger charge is -2.27. The highest BCUT2D eigenvalue weighted by Crippen LogP contribution is 2.32. The highest BCUT2D eigenvalue weighted by Gasteiger charge is 2.24.